The van der Waals surface area contributed by atoms with E-state index in [1.54, 1.807) is 0 Å². The number of nitrogens with zero attached hydrogens (tertiary/aromatic N) is 2. The fourth-order valence-corrected chi connectivity index (χ4v) is 5.39. The van der Waals surface area contributed by atoms with E-state index in [-0.39, 0.29) is 5.92 Å². The van der Waals surface area contributed by atoms with Crippen molar-refractivity contribution in [2.24, 2.45) is 0 Å². The zero-order valence-corrected chi connectivity index (χ0v) is 21.1. The number of ether oxygens (including phenoxy) is 1. The Bertz CT molecular complexity index is 1310. The molecule has 174 valence electrons. The van der Waals surface area contributed by atoms with Crippen LogP contribution >= 0.6 is 15.9 Å². The number of hydrogen-bond acceptors (Lipinski definition) is 4. The van der Waals surface area contributed by atoms with E-state index >= 15 is 0 Å². The summed E-state index contributed by atoms with van der Waals surface area (Å²) in [6.07, 6.45) is 2.56. The number of halogens is 1. The van der Waals surface area contributed by atoms with Gasteiger partial charge in [0.25, 0.3) is 0 Å². The van der Waals surface area contributed by atoms with E-state index in [9.17, 15) is 5.11 Å². The lowest BCUT2D eigenvalue weighted by atomic mass is 9.70. The summed E-state index contributed by atoms with van der Waals surface area (Å²) in [5, 5.41) is 13.6. The molecule has 1 aliphatic rings. The molecule has 1 N–H and O–H groups in total. The van der Waals surface area contributed by atoms with Crippen LogP contribution in [0.3, 0.4) is 0 Å². The fraction of sp³-hybridized carbons (Fsp3) is 0.276. The smallest absolute Gasteiger partial charge is 0.223 e. The zero-order chi connectivity index (χ0) is 23.7. The lowest BCUT2D eigenvalue weighted by molar-refractivity contribution is 0.00592. The molecule has 1 aliphatic heterocycles. The second-order valence-electron chi connectivity index (χ2n) is 9.38. The molecule has 0 saturated carbocycles. The number of hydrogen-bond donors (Lipinski definition) is 1. The van der Waals surface area contributed by atoms with Gasteiger partial charge in [-0.15, -0.1) is 0 Å². The van der Waals surface area contributed by atoms with Crippen molar-refractivity contribution in [3.8, 4) is 11.6 Å². The SMILES string of the molecule is CN(C)CCCCC1(O)c2cccc(c2)Oc2nc3ccc(Br)cc3cc2C1c1ccccc1. The first-order valence-corrected chi connectivity index (χ1v) is 12.5. The molecule has 2 atom stereocenters. The molecule has 4 aromatic rings. The second kappa shape index (κ2) is 9.49. The minimum absolute atomic E-state index is 0.325. The normalized spacial score (nSPS) is 19.4. The van der Waals surface area contributed by atoms with Gasteiger partial charge in [-0.3, -0.25) is 0 Å². The average Bonchev–Trinajstić information content (AvgIpc) is 2.83. The summed E-state index contributed by atoms with van der Waals surface area (Å²) in [6, 6.07) is 26.3. The summed E-state index contributed by atoms with van der Waals surface area (Å²) >= 11 is 3.59. The van der Waals surface area contributed by atoms with Crippen molar-refractivity contribution in [2.75, 3.05) is 20.6 Å². The molecule has 0 fully saturated rings. The molecular formula is C29H29BrN2O2. The van der Waals surface area contributed by atoms with E-state index in [4.69, 9.17) is 9.72 Å². The zero-order valence-electron chi connectivity index (χ0n) is 19.5. The Kier molecular flexibility index (Phi) is 6.43. The summed E-state index contributed by atoms with van der Waals surface area (Å²) in [5.41, 5.74) is 2.58. The Hall–Kier alpha value is -2.73. The van der Waals surface area contributed by atoms with Crippen molar-refractivity contribution in [2.45, 2.75) is 30.8 Å². The molecule has 0 aliphatic carbocycles. The van der Waals surface area contributed by atoms with Crippen LogP contribution in [0.25, 0.3) is 10.9 Å². The topological polar surface area (TPSA) is 45.6 Å². The Labute approximate surface area is 209 Å². The van der Waals surface area contributed by atoms with Gasteiger partial charge in [-0.25, -0.2) is 4.98 Å². The van der Waals surface area contributed by atoms with E-state index in [1.807, 2.05) is 54.6 Å². The third-order valence-electron chi connectivity index (χ3n) is 6.65. The highest BCUT2D eigenvalue weighted by Gasteiger charge is 2.43. The molecule has 5 rings (SSSR count). The summed E-state index contributed by atoms with van der Waals surface area (Å²) in [4.78, 5) is 7.10. The highest BCUT2D eigenvalue weighted by molar-refractivity contribution is 9.10. The van der Waals surface area contributed by atoms with Crippen LogP contribution in [0, 0.1) is 0 Å². The molecule has 2 heterocycles. The second-order valence-corrected chi connectivity index (χ2v) is 10.3. The van der Waals surface area contributed by atoms with Crippen LogP contribution in [0.5, 0.6) is 11.6 Å². The number of benzene rings is 3. The van der Waals surface area contributed by atoms with E-state index in [2.05, 4.69) is 59.2 Å². The van der Waals surface area contributed by atoms with Gasteiger partial charge in [-0.05, 0) is 87.4 Å². The van der Waals surface area contributed by atoms with Crippen LogP contribution in [-0.4, -0.2) is 35.6 Å². The predicted molar refractivity (Wildman–Crippen MR) is 141 cm³/mol. The molecule has 4 nitrogen and oxygen atoms in total. The minimum atomic E-state index is -1.11. The van der Waals surface area contributed by atoms with Gasteiger partial charge >= 0.3 is 0 Å². The number of pyridine rings is 1. The maximum Gasteiger partial charge on any atom is 0.223 e. The van der Waals surface area contributed by atoms with Gasteiger partial charge < -0.3 is 14.7 Å². The van der Waals surface area contributed by atoms with Crippen molar-refractivity contribution in [1.29, 1.82) is 0 Å². The molecule has 2 unspecified atom stereocenters. The quantitative estimate of drug-likeness (QED) is 0.284. The molecule has 0 saturated heterocycles. The summed E-state index contributed by atoms with van der Waals surface area (Å²) < 4.78 is 7.34. The van der Waals surface area contributed by atoms with Gasteiger partial charge in [-0.1, -0.05) is 58.4 Å². The molecule has 5 heteroatoms. The third-order valence-corrected chi connectivity index (χ3v) is 7.15. The monoisotopic (exact) mass is 516 g/mol. The lowest BCUT2D eigenvalue weighted by Gasteiger charge is -2.39. The van der Waals surface area contributed by atoms with E-state index in [1.165, 1.54) is 0 Å². The lowest BCUT2D eigenvalue weighted by Crippen LogP contribution is -2.35. The largest absolute Gasteiger partial charge is 0.439 e. The molecule has 34 heavy (non-hydrogen) atoms. The van der Waals surface area contributed by atoms with E-state index in [0.717, 1.165) is 51.5 Å². The van der Waals surface area contributed by atoms with Crippen molar-refractivity contribution in [3.63, 3.8) is 0 Å². The standard InChI is InChI=1S/C29H29BrN2O2/c1-32(2)16-7-6-15-29(33)22-11-8-12-24(19-22)34-28-25(27(29)20-9-4-3-5-10-20)18-21-17-23(30)13-14-26(21)31-28/h3-5,8-14,17-19,27,33H,6-7,15-16H2,1-2H3. The average molecular weight is 517 g/mol. The molecular weight excluding hydrogens is 488 g/mol. The molecule has 0 radical (unpaired) electrons. The Morgan fingerprint density at radius 1 is 0.971 bits per heavy atom. The first kappa shape index (κ1) is 23.0. The maximum absolute atomic E-state index is 12.6. The van der Waals surface area contributed by atoms with Crippen molar-refractivity contribution in [1.82, 2.24) is 9.88 Å². The summed E-state index contributed by atoms with van der Waals surface area (Å²) in [6.45, 7) is 0.992. The molecule has 0 spiro atoms. The van der Waals surface area contributed by atoms with Crippen LogP contribution in [0.2, 0.25) is 0 Å². The maximum atomic E-state index is 12.6. The van der Waals surface area contributed by atoms with Crippen molar-refractivity contribution < 1.29 is 9.84 Å². The van der Waals surface area contributed by atoms with Crippen LogP contribution in [0.15, 0.2) is 83.3 Å². The van der Waals surface area contributed by atoms with Crippen LogP contribution < -0.4 is 4.74 Å². The van der Waals surface area contributed by atoms with Crippen LogP contribution in [0.4, 0.5) is 0 Å². The van der Waals surface area contributed by atoms with Gasteiger partial charge in [0, 0.05) is 21.3 Å². The molecule has 2 bridgehead atoms. The van der Waals surface area contributed by atoms with Gasteiger partial charge in [0.15, 0.2) is 0 Å². The van der Waals surface area contributed by atoms with Gasteiger partial charge in [0.05, 0.1) is 5.52 Å². The molecule has 3 aromatic carbocycles. The van der Waals surface area contributed by atoms with Crippen molar-refractivity contribution >= 4 is 26.8 Å². The highest BCUT2D eigenvalue weighted by atomic mass is 79.9. The highest BCUT2D eigenvalue weighted by Crippen LogP contribution is 2.50. The fourth-order valence-electron chi connectivity index (χ4n) is 5.01. The van der Waals surface area contributed by atoms with Gasteiger partial charge in [0.1, 0.15) is 11.4 Å². The van der Waals surface area contributed by atoms with E-state index in [0.29, 0.717) is 18.1 Å². The Morgan fingerprint density at radius 2 is 1.79 bits per heavy atom. The van der Waals surface area contributed by atoms with Crippen molar-refractivity contribution in [3.05, 3.63) is 100 Å². The predicted octanol–water partition coefficient (Wildman–Crippen LogP) is 6.85. The summed E-state index contributed by atoms with van der Waals surface area (Å²) in [7, 11) is 4.17. The van der Waals surface area contributed by atoms with Gasteiger partial charge in [0.2, 0.25) is 5.88 Å². The Morgan fingerprint density at radius 3 is 2.59 bits per heavy atom. The minimum Gasteiger partial charge on any atom is -0.439 e. The van der Waals surface area contributed by atoms with Crippen LogP contribution in [0.1, 0.15) is 41.9 Å². The first-order chi connectivity index (χ1) is 16.4. The number of aromatic nitrogens is 1. The third kappa shape index (κ3) is 4.48. The molecule has 1 aromatic heterocycles. The first-order valence-electron chi connectivity index (χ1n) is 11.7. The molecule has 0 amide bonds. The summed E-state index contributed by atoms with van der Waals surface area (Å²) in [5.74, 6) is 0.919. The van der Waals surface area contributed by atoms with E-state index < -0.39 is 5.60 Å². The Balaban J connectivity index is 1.73. The van der Waals surface area contributed by atoms with Gasteiger partial charge in [-0.2, -0.15) is 0 Å². The van der Waals surface area contributed by atoms with Crippen LogP contribution in [-0.2, 0) is 5.60 Å². The number of unbranched alkanes of at least 4 members (excludes halogenated alkanes) is 1. The number of aliphatic hydroxyl groups is 1. The number of fused-ring (bicyclic) bond motifs is 4. The number of rotatable bonds is 6.